The Morgan fingerprint density at radius 2 is 2.00 bits per heavy atom. The van der Waals surface area contributed by atoms with Crippen LogP contribution in [0.1, 0.15) is 24.2 Å². The molecule has 0 aliphatic heterocycles. The third-order valence-electron chi connectivity index (χ3n) is 5.04. The fourth-order valence-corrected chi connectivity index (χ4v) is 3.57. The van der Waals surface area contributed by atoms with Crippen molar-refractivity contribution in [2.45, 2.75) is 37.8 Å². The van der Waals surface area contributed by atoms with E-state index in [4.69, 9.17) is 0 Å². The molecule has 0 saturated heterocycles. The van der Waals surface area contributed by atoms with Crippen molar-refractivity contribution in [1.29, 1.82) is 0 Å². The summed E-state index contributed by atoms with van der Waals surface area (Å²) in [6.45, 7) is 0. The Morgan fingerprint density at radius 3 is 2.73 bits per heavy atom. The number of aliphatic hydroxyl groups is 1. The van der Waals surface area contributed by atoms with Gasteiger partial charge in [0.05, 0.1) is 23.6 Å². The van der Waals surface area contributed by atoms with Gasteiger partial charge in [-0.1, -0.05) is 12.1 Å². The minimum atomic E-state index is -0.243. The van der Waals surface area contributed by atoms with Crippen LogP contribution >= 0.6 is 0 Å². The molecule has 6 nitrogen and oxygen atoms in total. The monoisotopic (exact) mass is 350 g/mol. The molecule has 3 N–H and O–H groups in total. The first-order valence-corrected chi connectivity index (χ1v) is 8.97. The maximum Gasteiger partial charge on any atom is 0.227 e. The van der Waals surface area contributed by atoms with Crippen molar-refractivity contribution in [3.8, 4) is 0 Å². The lowest BCUT2D eigenvalue weighted by Crippen LogP contribution is -2.48. The van der Waals surface area contributed by atoms with Crippen LogP contribution in [0.3, 0.4) is 0 Å². The maximum absolute atomic E-state index is 12.6. The lowest BCUT2D eigenvalue weighted by Gasteiger charge is -2.38. The first-order valence-electron chi connectivity index (χ1n) is 8.97. The number of hydrogen-bond donors (Lipinski definition) is 3. The summed E-state index contributed by atoms with van der Waals surface area (Å²) in [4.78, 5) is 24.3. The van der Waals surface area contributed by atoms with E-state index in [1.807, 2.05) is 36.4 Å². The molecule has 3 aromatic rings. The van der Waals surface area contributed by atoms with Crippen LogP contribution in [0, 0.1) is 5.92 Å². The van der Waals surface area contributed by atoms with Gasteiger partial charge in [0.2, 0.25) is 5.91 Å². The number of rotatable bonds is 6. The number of carbonyl (C=O) groups excluding carboxylic acids is 1. The number of nitrogens with one attached hydrogen (secondary N) is 2. The summed E-state index contributed by atoms with van der Waals surface area (Å²) in [5, 5.41) is 12.8. The van der Waals surface area contributed by atoms with Gasteiger partial charge in [-0.3, -0.25) is 9.78 Å². The van der Waals surface area contributed by atoms with Crippen LogP contribution in [0.4, 0.5) is 0 Å². The van der Waals surface area contributed by atoms with Crippen LogP contribution in [0.2, 0.25) is 0 Å². The van der Waals surface area contributed by atoms with E-state index >= 15 is 0 Å². The zero-order valence-corrected chi connectivity index (χ0v) is 14.4. The summed E-state index contributed by atoms with van der Waals surface area (Å²) in [5.41, 5.74) is 2.94. The molecule has 0 bridgehead atoms. The van der Waals surface area contributed by atoms with Crippen LogP contribution in [-0.4, -0.2) is 38.1 Å². The highest BCUT2D eigenvalue weighted by Gasteiger charge is 2.34. The lowest BCUT2D eigenvalue weighted by atomic mass is 9.75. The van der Waals surface area contributed by atoms with Crippen molar-refractivity contribution in [3.05, 3.63) is 60.2 Å². The molecule has 1 atom stereocenters. The average Bonchev–Trinajstić information content (AvgIpc) is 3.01. The van der Waals surface area contributed by atoms with E-state index in [0.29, 0.717) is 11.7 Å². The lowest BCUT2D eigenvalue weighted by molar-refractivity contribution is -0.122. The fourth-order valence-electron chi connectivity index (χ4n) is 3.57. The molecule has 4 rings (SSSR count). The Hall–Kier alpha value is -2.73. The Labute approximate surface area is 151 Å². The maximum atomic E-state index is 12.6. The number of aromatic nitrogens is 3. The summed E-state index contributed by atoms with van der Waals surface area (Å²) < 4.78 is 0. The van der Waals surface area contributed by atoms with Gasteiger partial charge in [-0.15, -0.1) is 0 Å². The SMILES string of the molecule is O=C(Cc1nc2ccccc2[nH]1)N[C@@H](Cc1ccncc1)C1CC(O)C1. The van der Waals surface area contributed by atoms with Crippen molar-refractivity contribution in [3.63, 3.8) is 0 Å². The fraction of sp³-hybridized carbons (Fsp3) is 0.350. The Morgan fingerprint density at radius 1 is 1.23 bits per heavy atom. The number of aromatic amines is 1. The minimum Gasteiger partial charge on any atom is -0.393 e. The molecule has 1 aromatic carbocycles. The van der Waals surface area contributed by atoms with Crippen LogP contribution in [0.25, 0.3) is 11.0 Å². The molecule has 1 aliphatic carbocycles. The van der Waals surface area contributed by atoms with Crippen molar-refractivity contribution in [2.24, 2.45) is 5.92 Å². The topological polar surface area (TPSA) is 90.9 Å². The molecule has 26 heavy (non-hydrogen) atoms. The van der Waals surface area contributed by atoms with E-state index in [1.54, 1.807) is 12.4 Å². The number of benzene rings is 1. The largest absolute Gasteiger partial charge is 0.393 e. The van der Waals surface area contributed by atoms with Crippen molar-refractivity contribution < 1.29 is 9.90 Å². The first-order chi connectivity index (χ1) is 12.7. The van der Waals surface area contributed by atoms with Gasteiger partial charge in [0, 0.05) is 18.4 Å². The number of nitrogens with zero attached hydrogens (tertiary/aromatic N) is 2. The normalized spacial score (nSPS) is 20.5. The number of fused-ring (bicyclic) bond motifs is 1. The van der Waals surface area contributed by atoms with Crippen molar-refractivity contribution in [2.75, 3.05) is 0 Å². The second kappa shape index (κ2) is 7.25. The van der Waals surface area contributed by atoms with E-state index in [0.717, 1.165) is 35.9 Å². The summed E-state index contributed by atoms with van der Waals surface area (Å²) in [7, 11) is 0. The molecular formula is C20H22N4O2. The highest BCUT2D eigenvalue weighted by Crippen LogP contribution is 2.31. The third kappa shape index (κ3) is 3.75. The van der Waals surface area contributed by atoms with Crippen LogP contribution in [0.15, 0.2) is 48.8 Å². The smallest absolute Gasteiger partial charge is 0.227 e. The molecule has 0 radical (unpaired) electrons. The molecule has 0 unspecified atom stereocenters. The van der Waals surface area contributed by atoms with Crippen LogP contribution < -0.4 is 5.32 Å². The van der Waals surface area contributed by atoms with Crippen LogP contribution in [-0.2, 0) is 17.6 Å². The molecule has 6 heteroatoms. The standard InChI is InChI=1S/C20H22N4O2/c25-15-10-14(11-15)18(9-13-5-7-21-8-6-13)24-20(26)12-19-22-16-3-1-2-4-17(16)23-19/h1-8,14-15,18,25H,9-12H2,(H,22,23)(H,24,26)/t14?,15?,18-/m0/s1. The Bertz CT molecular complexity index is 854. The first kappa shape index (κ1) is 16.7. The number of para-hydroxylation sites is 2. The molecule has 1 saturated carbocycles. The summed E-state index contributed by atoms with van der Waals surface area (Å²) in [5.74, 6) is 0.919. The van der Waals surface area contributed by atoms with E-state index < -0.39 is 0 Å². The molecule has 2 heterocycles. The molecule has 2 aromatic heterocycles. The number of imidazole rings is 1. The predicted octanol–water partition coefficient (Wildman–Crippen LogP) is 2.00. The number of H-pyrrole nitrogens is 1. The van der Waals surface area contributed by atoms with Gasteiger partial charge >= 0.3 is 0 Å². The number of hydrogen-bond acceptors (Lipinski definition) is 4. The molecule has 1 fully saturated rings. The average molecular weight is 350 g/mol. The number of carbonyl (C=O) groups is 1. The number of amides is 1. The van der Waals surface area contributed by atoms with Gasteiger partial charge in [-0.2, -0.15) is 0 Å². The second-order valence-electron chi connectivity index (χ2n) is 7.00. The molecule has 1 aliphatic rings. The number of pyridine rings is 1. The molecule has 1 amide bonds. The van der Waals surface area contributed by atoms with Gasteiger partial charge in [-0.25, -0.2) is 4.98 Å². The number of aliphatic hydroxyl groups excluding tert-OH is 1. The van der Waals surface area contributed by atoms with E-state index in [-0.39, 0.29) is 24.5 Å². The van der Waals surface area contributed by atoms with Crippen molar-refractivity contribution in [1.82, 2.24) is 20.3 Å². The highest BCUT2D eigenvalue weighted by molar-refractivity contribution is 5.80. The zero-order chi connectivity index (χ0) is 17.9. The van der Waals surface area contributed by atoms with Gasteiger partial charge in [0.15, 0.2) is 0 Å². The van der Waals surface area contributed by atoms with Crippen LogP contribution in [0.5, 0.6) is 0 Å². The summed E-state index contributed by atoms with van der Waals surface area (Å²) in [6.07, 6.45) is 5.72. The van der Waals surface area contributed by atoms with Gasteiger partial charge in [0.1, 0.15) is 5.82 Å². The molecule has 134 valence electrons. The quantitative estimate of drug-likeness (QED) is 0.634. The van der Waals surface area contributed by atoms with Gasteiger partial charge < -0.3 is 15.4 Å². The van der Waals surface area contributed by atoms with E-state index in [9.17, 15) is 9.90 Å². The summed E-state index contributed by atoms with van der Waals surface area (Å²) >= 11 is 0. The third-order valence-corrected chi connectivity index (χ3v) is 5.04. The van der Waals surface area contributed by atoms with Crippen molar-refractivity contribution >= 4 is 16.9 Å². The Kier molecular flexibility index (Phi) is 4.67. The summed E-state index contributed by atoms with van der Waals surface area (Å²) in [6, 6.07) is 11.7. The minimum absolute atomic E-state index is 0.0117. The molecule has 0 spiro atoms. The zero-order valence-electron chi connectivity index (χ0n) is 14.4. The van der Waals surface area contributed by atoms with Gasteiger partial charge in [0.25, 0.3) is 0 Å². The second-order valence-corrected chi connectivity index (χ2v) is 7.00. The van der Waals surface area contributed by atoms with E-state index in [1.165, 1.54) is 0 Å². The predicted molar refractivity (Wildman–Crippen MR) is 98.4 cm³/mol. The van der Waals surface area contributed by atoms with E-state index in [2.05, 4.69) is 20.3 Å². The highest BCUT2D eigenvalue weighted by atomic mass is 16.3. The van der Waals surface area contributed by atoms with Gasteiger partial charge in [-0.05, 0) is 55.0 Å². The molecular weight excluding hydrogens is 328 g/mol. The Balaban J connectivity index is 1.43.